The largest absolute Gasteiger partial charge is 0.481 e. The molecule has 56 heavy (non-hydrogen) atoms. The molecule has 0 saturated carbocycles. The summed E-state index contributed by atoms with van der Waals surface area (Å²) < 4.78 is 0. The third-order valence-corrected chi connectivity index (χ3v) is 9.21. The minimum Gasteiger partial charge on any atom is -0.481 e. The molecule has 0 radical (unpaired) electrons. The number of hydrogen-bond acceptors (Lipinski definition) is 13. The van der Waals surface area contributed by atoms with Gasteiger partial charge in [0.15, 0.2) is 11.9 Å². The number of carboxylic acid groups (broad SMARTS) is 1. The van der Waals surface area contributed by atoms with E-state index in [1.165, 1.54) is 16.7 Å². The number of guanidine groups is 2. The van der Waals surface area contributed by atoms with Gasteiger partial charge in [-0.25, -0.2) is 0 Å². The van der Waals surface area contributed by atoms with Gasteiger partial charge in [-0.1, -0.05) is 0 Å². The number of thiol groups is 1. The van der Waals surface area contributed by atoms with Crippen LogP contribution in [0.15, 0.2) is 9.98 Å². The molecule has 23 nitrogen and oxygen atoms in total. The average Bonchev–Trinajstić information content (AvgIpc) is 3.63. The normalized spacial score (nSPS) is 16.1. The highest BCUT2D eigenvalue weighted by atomic mass is 32.2. The van der Waals surface area contributed by atoms with Gasteiger partial charge in [-0.3, -0.25) is 48.3 Å². The van der Waals surface area contributed by atoms with E-state index in [4.69, 9.17) is 39.5 Å². The number of carbonyl (C=O) groups excluding carboxylic acids is 7. The summed E-state index contributed by atoms with van der Waals surface area (Å²) in [6, 6.07) is -7.40. The number of nitrogens with two attached hydrogens (primary N) is 6. The Labute approximate surface area is 333 Å². The molecule has 1 saturated heterocycles. The summed E-state index contributed by atoms with van der Waals surface area (Å²) in [5.74, 6) is -6.73. The van der Waals surface area contributed by atoms with Gasteiger partial charge in [0.2, 0.25) is 41.4 Å². The van der Waals surface area contributed by atoms with Gasteiger partial charge in [-0.05, 0) is 57.0 Å². The summed E-state index contributed by atoms with van der Waals surface area (Å²) in [6.07, 6.45) is 2.37. The fourth-order valence-corrected chi connectivity index (χ4v) is 6.13. The molecular weight excluding hydrogens is 777 g/mol. The second-order valence-corrected chi connectivity index (χ2v) is 14.0. The number of aliphatic imine (C=N–C) groups is 2. The predicted molar refractivity (Wildman–Crippen MR) is 212 cm³/mol. The summed E-state index contributed by atoms with van der Waals surface area (Å²) in [5, 5.41) is 21.5. The Morgan fingerprint density at radius 2 is 1.32 bits per heavy atom. The Balaban J connectivity index is 3.34. The average molecular weight is 833 g/mol. The molecular formula is C31H56N14O9S2. The second kappa shape index (κ2) is 25.9. The molecule has 316 valence electrons. The standard InChI is InChI=1S/C31H56N14O9S2/c1-56-12-8-18(25(50)40-14-22(33)46)42-28(53)21-7-4-11-45(21)29(54)19(6-3-10-39-31(36)37)43-26(51)17(5-2-9-38-30(34)35)41-27(52)20(15-55)44-24(49)16(32)13-23(47)48/h16-21,55H,2-15,32H2,1H3,(H2,33,46)(H,40,50)(H,41,52)(H,42,53)(H,43,51)(H,44,49)(H,47,48)(H4,34,35,38)(H4,36,37,39)/t16-,17-,18-,19-,20-,21-/m0/s1. The third-order valence-electron chi connectivity index (χ3n) is 8.20. The van der Waals surface area contributed by atoms with E-state index in [1.54, 1.807) is 0 Å². The predicted octanol–water partition coefficient (Wildman–Crippen LogP) is -5.89. The van der Waals surface area contributed by atoms with Crippen LogP contribution in [-0.2, 0) is 38.4 Å². The highest BCUT2D eigenvalue weighted by molar-refractivity contribution is 7.98. The number of carboxylic acids is 1. The molecule has 7 amide bonds. The second-order valence-electron chi connectivity index (χ2n) is 12.7. The summed E-state index contributed by atoms with van der Waals surface area (Å²) in [5.41, 5.74) is 32.5. The summed E-state index contributed by atoms with van der Waals surface area (Å²) in [7, 11) is 0. The Morgan fingerprint density at radius 1 is 0.786 bits per heavy atom. The summed E-state index contributed by atoms with van der Waals surface area (Å²) >= 11 is 5.54. The molecule has 0 aromatic rings. The minimum atomic E-state index is -1.47. The molecule has 0 spiro atoms. The number of nitrogens with zero attached hydrogens (tertiary/aromatic N) is 3. The van der Waals surface area contributed by atoms with Crippen LogP contribution in [0, 0.1) is 0 Å². The van der Waals surface area contributed by atoms with E-state index in [9.17, 15) is 38.4 Å². The summed E-state index contributed by atoms with van der Waals surface area (Å²) in [4.78, 5) is 112. The molecule has 1 heterocycles. The van der Waals surface area contributed by atoms with Crippen LogP contribution in [0.3, 0.4) is 0 Å². The zero-order valence-electron chi connectivity index (χ0n) is 31.2. The maximum atomic E-state index is 14.2. The van der Waals surface area contributed by atoms with Crippen molar-refractivity contribution in [2.75, 3.05) is 43.9 Å². The quantitative estimate of drug-likeness (QED) is 0.0167. The van der Waals surface area contributed by atoms with Gasteiger partial charge >= 0.3 is 5.97 Å². The lowest BCUT2D eigenvalue weighted by Gasteiger charge is -2.31. The molecule has 1 aliphatic heterocycles. The van der Waals surface area contributed by atoms with Crippen molar-refractivity contribution in [2.24, 2.45) is 44.4 Å². The van der Waals surface area contributed by atoms with Gasteiger partial charge in [0.1, 0.15) is 30.2 Å². The Bertz CT molecular complexity index is 1450. The first-order chi connectivity index (χ1) is 26.4. The van der Waals surface area contributed by atoms with Crippen molar-refractivity contribution in [3.8, 4) is 0 Å². The lowest BCUT2D eigenvalue weighted by atomic mass is 10.1. The van der Waals surface area contributed by atoms with Crippen molar-refractivity contribution in [1.82, 2.24) is 31.5 Å². The van der Waals surface area contributed by atoms with Gasteiger partial charge in [0.05, 0.1) is 19.0 Å². The van der Waals surface area contributed by atoms with Crippen molar-refractivity contribution in [3.05, 3.63) is 0 Å². The highest BCUT2D eigenvalue weighted by Gasteiger charge is 2.39. The molecule has 1 fully saturated rings. The fourth-order valence-electron chi connectivity index (χ4n) is 5.40. The van der Waals surface area contributed by atoms with Gasteiger partial charge in [-0.2, -0.15) is 24.4 Å². The van der Waals surface area contributed by atoms with E-state index >= 15 is 0 Å². The number of carbonyl (C=O) groups is 8. The van der Waals surface area contributed by atoms with E-state index in [2.05, 4.69) is 49.2 Å². The minimum absolute atomic E-state index is 0.00349. The number of aliphatic carboxylic acids is 1. The monoisotopic (exact) mass is 832 g/mol. The van der Waals surface area contributed by atoms with Crippen LogP contribution in [0.25, 0.3) is 0 Å². The van der Waals surface area contributed by atoms with E-state index in [0.29, 0.717) is 12.2 Å². The maximum absolute atomic E-state index is 14.2. The van der Waals surface area contributed by atoms with E-state index in [-0.39, 0.29) is 75.8 Å². The SMILES string of the molecule is CSCC[C@H](NC(=O)[C@@H]1CCCN1C(=O)[C@H](CCCN=C(N)N)NC(=O)[C@H](CCCN=C(N)N)NC(=O)[C@H](CS)NC(=O)[C@@H](N)CC(=O)O)C(=O)NCC(N)=O. The molecule has 6 atom stereocenters. The van der Waals surface area contributed by atoms with Crippen LogP contribution in [-0.4, -0.2) is 149 Å². The number of likely N-dealkylation sites (tertiary alicyclic amines) is 1. The van der Waals surface area contributed by atoms with Crippen LogP contribution >= 0.6 is 24.4 Å². The molecule has 1 aliphatic rings. The van der Waals surface area contributed by atoms with Gasteiger partial charge < -0.3 is 71.0 Å². The Hall–Kier alpha value is -5.04. The topological polar surface area (TPSA) is 401 Å². The molecule has 18 N–H and O–H groups in total. The lowest BCUT2D eigenvalue weighted by Crippen LogP contribution is -2.59. The fraction of sp³-hybridized carbons (Fsp3) is 0.677. The van der Waals surface area contributed by atoms with E-state index < -0.39 is 96.5 Å². The van der Waals surface area contributed by atoms with Crippen molar-refractivity contribution >= 4 is 83.6 Å². The van der Waals surface area contributed by atoms with Crippen molar-refractivity contribution < 1.29 is 43.5 Å². The first-order valence-electron chi connectivity index (χ1n) is 17.7. The molecule has 0 aliphatic carbocycles. The number of amides is 7. The number of hydrogen-bond donors (Lipinski definition) is 13. The van der Waals surface area contributed by atoms with Crippen LogP contribution in [0.1, 0.15) is 51.4 Å². The van der Waals surface area contributed by atoms with Crippen molar-refractivity contribution in [3.63, 3.8) is 0 Å². The molecule has 0 aromatic carbocycles. The zero-order chi connectivity index (χ0) is 42.4. The van der Waals surface area contributed by atoms with Crippen LogP contribution in [0.5, 0.6) is 0 Å². The molecule has 0 aromatic heterocycles. The molecule has 25 heteroatoms. The maximum Gasteiger partial charge on any atom is 0.305 e. The number of thioether (sulfide) groups is 1. The summed E-state index contributed by atoms with van der Waals surface area (Å²) in [6.45, 7) is -0.120. The van der Waals surface area contributed by atoms with E-state index in [1.807, 2.05) is 6.26 Å². The smallest absolute Gasteiger partial charge is 0.305 e. The number of rotatable bonds is 26. The Kier molecular flexibility index (Phi) is 22.7. The highest BCUT2D eigenvalue weighted by Crippen LogP contribution is 2.21. The van der Waals surface area contributed by atoms with Crippen LogP contribution < -0.4 is 61.0 Å². The first-order valence-corrected chi connectivity index (χ1v) is 19.7. The van der Waals surface area contributed by atoms with E-state index in [0.717, 1.165) is 0 Å². The number of primary amides is 1. The van der Waals surface area contributed by atoms with Crippen molar-refractivity contribution in [1.29, 1.82) is 0 Å². The van der Waals surface area contributed by atoms with Gasteiger partial charge in [0.25, 0.3) is 0 Å². The molecule has 0 unspecified atom stereocenters. The van der Waals surface area contributed by atoms with Crippen molar-refractivity contribution in [2.45, 2.75) is 87.6 Å². The third kappa shape index (κ3) is 18.5. The zero-order valence-corrected chi connectivity index (χ0v) is 32.9. The van der Waals surface area contributed by atoms with Gasteiger partial charge in [0, 0.05) is 25.4 Å². The number of nitrogens with one attached hydrogen (secondary N) is 5. The lowest BCUT2D eigenvalue weighted by molar-refractivity contribution is -0.142. The Morgan fingerprint density at radius 3 is 1.86 bits per heavy atom. The molecule has 0 bridgehead atoms. The first kappa shape index (κ1) is 49.0. The van der Waals surface area contributed by atoms with Crippen LogP contribution in [0.4, 0.5) is 0 Å². The molecule has 1 rings (SSSR count). The van der Waals surface area contributed by atoms with Gasteiger partial charge in [-0.15, -0.1) is 0 Å². The van der Waals surface area contributed by atoms with Crippen LogP contribution in [0.2, 0.25) is 0 Å².